The van der Waals surface area contributed by atoms with Gasteiger partial charge in [-0.05, 0) is 87.1 Å². The van der Waals surface area contributed by atoms with Gasteiger partial charge in [0.1, 0.15) is 0 Å². The van der Waals surface area contributed by atoms with Crippen LogP contribution in [0.15, 0.2) is 182 Å². The quantitative estimate of drug-likeness (QED) is 0.182. The topological polar surface area (TPSA) is 16.1 Å². The molecule has 0 unspecified atom stereocenters. The first-order chi connectivity index (χ1) is 23.8. The van der Waals surface area contributed by atoms with Crippen LogP contribution >= 0.6 is 11.3 Å². The van der Waals surface area contributed by atoms with Crippen molar-refractivity contribution in [3.63, 3.8) is 0 Å². The molecule has 0 N–H and O–H groups in total. The number of nitrogens with zero attached hydrogens (tertiary/aromatic N) is 2. The summed E-state index contributed by atoms with van der Waals surface area (Å²) in [6, 6.07) is 61.1. The number of benzene rings is 7. The maximum Gasteiger partial charge on any atom is 0.0545 e. The van der Waals surface area contributed by atoms with Crippen molar-refractivity contribution in [3.8, 4) is 33.4 Å². The first-order valence-corrected chi connectivity index (χ1v) is 17.0. The number of thiophene rings is 1. The van der Waals surface area contributed by atoms with Crippen LogP contribution in [-0.2, 0) is 0 Å². The normalized spacial score (nSPS) is 11.3. The summed E-state index contributed by atoms with van der Waals surface area (Å²) in [5.41, 5.74) is 10.4. The molecule has 0 saturated heterocycles. The Morgan fingerprint density at radius 2 is 0.938 bits per heavy atom. The molecule has 2 aromatic heterocycles. The van der Waals surface area contributed by atoms with Gasteiger partial charge in [-0.15, -0.1) is 11.3 Å². The third kappa shape index (κ3) is 5.11. The summed E-state index contributed by atoms with van der Waals surface area (Å²) in [5.74, 6) is 0. The summed E-state index contributed by atoms with van der Waals surface area (Å²) in [7, 11) is 0. The predicted octanol–water partition coefficient (Wildman–Crippen LogP) is 13.1. The van der Waals surface area contributed by atoms with E-state index >= 15 is 0 Å². The number of hydrogen-bond acceptors (Lipinski definition) is 3. The molecule has 7 aromatic carbocycles. The van der Waals surface area contributed by atoms with Gasteiger partial charge in [-0.2, -0.15) is 0 Å². The van der Waals surface area contributed by atoms with Crippen molar-refractivity contribution in [1.29, 1.82) is 0 Å². The zero-order chi connectivity index (χ0) is 31.9. The number of aromatic nitrogens is 1. The van der Waals surface area contributed by atoms with Gasteiger partial charge in [-0.1, -0.05) is 121 Å². The first kappa shape index (κ1) is 28.2. The van der Waals surface area contributed by atoms with Crippen molar-refractivity contribution in [2.45, 2.75) is 0 Å². The highest BCUT2D eigenvalue weighted by Crippen LogP contribution is 2.41. The number of anilines is 3. The minimum absolute atomic E-state index is 1.10. The zero-order valence-electron chi connectivity index (χ0n) is 26.1. The van der Waals surface area contributed by atoms with E-state index in [1.54, 1.807) is 11.3 Å². The van der Waals surface area contributed by atoms with E-state index < -0.39 is 0 Å². The highest BCUT2D eigenvalue weighted by molar-refractivity contribution is 7.25. The lowest BCUT2D eigenvalue weighted by atomic mass is 10.00. The maximum absolute atomic E-state index is 4.62. The lowest BCUT2D eigenvalue weighted by molar-refractivity contribution is 1.28. The fourth-order valence-corrected chi connectivity index (χ4v) is 7.84. The van der Waals surface area contributed by atoms with Crippen molar-refractivity contribution in [1.82, 2.24) is 4.98 Å². The molecule has 2 nitrogen and oxygen atoms in total. The minimum Gasteiger partial charge on any atom is -0.311 e. The van der Waals surface area contributed by atoms with Crippen LogP contribution < -0.4 is 4.90 Å². The van der Waals surface area contributed by atoms with Gasteiger partial charge in [-0.3, -0.25) is 4.98 Å². The summed E-state index contributed by atoms with van der Waals surface area (Å²) in [4.78, 5) is 6.96. The Kier molecular flexibility index (Phi) is 7.03. The molecule has 0 fully saturated rings. The van der Waals surface area contributed by atoms with Gasteiger partial charge in [-0.25, -0.2) is 0 Å². The van der Waals surface area contributed by atoms with Crippen LogP contribution in [0.3, 0.4) is 0 Å². The Hall–Kier alpha value is -6.03. The Balaban J connectivity index is 1.11. The van der Waals surface area contributed by atoms with Crippen molar-refractivity contribution < 1.29 is 0 Å². The van der Waals surface area contributed by atoms with Gasteiger partial charge in [0.2, 0.25) is 0 Å². The van der Waals surface area contributed by atoms with E-state index in [-0.39, 0.29) is 0 Å². The van der Waals surface area contributed by atoms with E-state index in [0.29, 0.717) is 0 Å². The van der Waals surface area contributed by atoms with Crippen molar-refractivity contribution in [2.75, 3.05) is 4.90 Å². The number of hydrogen-bond donors (Lipinski definition) is 0. The highest BCUT2D eigenvalue weighted by atomic mass is 32.1. The second-order valence-electron chi connectivity index (χ2n) is 12.1. The molecule has 9 aromatic rings. The molecule has 2 heterocycles. The number of pyridine rings is 1. The fourth-order valence-electron chi connectivity index (χ4n) is 6.74. The predicted molar refractivity (Wildman–Crippen MR) is 206 cm³/mol. The molecule has 3 heteroatoms. The van der Waals surface area contributed by atoms with E-state index in [4.69, 9.17) is 0 Å². The molecule has 0 atom stereocenters. The molecule has 0 aliphatic rings. The molecule has 0 amide bonds. The molecule has 0 radical (unpaired) electrons. The fraction of sp³-hybridized carbons (Fsp3) is 0. The van der Waals surface area contributed by atoms with Gasteiger partial charge in [0.15, 0.2) is 0 Å². The molecule has 0 saturated carbocycles. The third-order valence-corrected chi connectivity index (χ3v) is 10.3. The standard InChI is InChI=1S/C45H30N2S/c1-2-8-31(9-3-1)33-16-22-38(23-17-33)47(39-24-18-34(19-25-39)37-15-14-32-10-4-5-11-36(32)28-37)40-26-20-35(21-27-40)42-29-46-30-44-45(42)41-12-6-7-13-43(41)48-44/h1-30H. The van der Waals surface area contributed by atoms with Crippen LogP contribution in [0.25, 0.3) is 64.3 Å². The van der Waals surface area contributed by atoms with Crippen molar-refractivity contribution in [3.05, 3.63) is 182 Å². The Labute approximate surface area is 283 Å². The molecule has 48 heavy (non-hydrogen) atoms. The highest BCUT2D eigenvalue weighted by Gasteiger charge is 2.16. The molecule has 0 aliphatic carbocycles. The SMILES string of the molecule is c1ccc(-c2ccc(N(c3ccc(-c4ccc5ccccc5c4)cc3)c3ccc(-c4cncc5sc6ccccc6c45)cc3)cc2)cc1. The van der Waals surface area contributed by atoms with E-state index in [9.17, 15) is 0 Å². The maximum atomic E-state index is 4.62. The number of fused-ring (bicyclic) bond motifs is 4. The van der Waals surface area contributed by atoms with Gasteiger partial charge in [0.25, 0.3) is 0 Å². The van der Waals surface area contributed by atoms with E-state index in [0.717, 1.165) is 28.2 Å². The summed E-state index contributed by atoms with van der Waals surface area (Å²) in [6.07, 6.45) is 3.99. The Morgan fingerprint density at radius 3 is 1.65 bits per heavy atom. The Morgan fingerprint density at radius 1 is 0.396 bits per heavy atom. The molecule has 226 valence electrons. The van der Waals surface area contributed by atoms with Crippen LogP contribution in [0.5, 0.6) is 0 Å². The minimum atomic E-state index is 1.10. The van der Waals surface area contributed by atoms with Crippen molar-refractivity contribution in [2.24, 2.45) is 0 Å². The molecule has 9 rings (SSSR count). The van der Waals surface area contributed by atoms with E-state index in [1.165, 1.54) is 53.2 Å². The first-order valence-electron chi connectivity index (χ1n) is 16.2. The smallest absolute Gasteiger partial charge is 0.0545 e. The average Bonchev–Trinajstić information content (AvgIpc) is 3.55. The second kappa shape index (κ2) is 12.0. The summed E-state index contributed by atoms with van der Waals surface area (Å²) in [5, 5.41) is 5.06. The van der Waals surface area contributed by atoms with Crippen LogP contribution in [-0.4, -0.2) is 4.98 Å². The second-order valence-corrected chi connectivity index (χ2v) is 13.1. The van der Waals surface area contributed by atoms with E-state index in [1.807, 2.05) is 12.4 Å². The lowest BCUT2D eigenvalue weighted by Crippen LogP contribution is -2.09. The van der Waals surface area contributed by atoms with Crippen LogP contribution in [0.4, 0.5) is 17.1 Å². The van der Waals surface area contributed by atoms with Gasteiger partial charge in [0.05, 0.1) is 4.70 Å². The summed E-state index contributed by atoms with van der Waals surface area (Å²) in [6.45, 7) is 0. The molecule has 0 bridgehead atoms. The third-order valence-electron chi connectivity index (χ3n) is 9.16. The lowest BCUT2D eigenvalue weighted by Gasteiger charge is -2.26. The Bertz CT molecular complexity index is 2530. The van der Waals surface area contributed by atoms with Crippen molar-refractivity contribution >= 4 is 59.3 Å². The molecular weight excluding hydrogens is 601 g/mol. The average molecular weight is 631 g/mol. The van der Waals surface area contributed by atoms with Gasteiger partial charge >= 0.3 is 0 Å². The van der Waals surface area contributed by atoms with Gasteiger partial charge < -0.3 is 4.90 Å². The molecule has 0 aliphatic heterocycles. The zero-order valence-corrected chi connectivity index (χ0v) is 26.9. The largest absolute Gasteiger partial charge is 0.311 e. The molecule has 0 spiro atoms. The van der Waals surface area contributed by atoms with E-state index in [2.05, 4.69) is 180 Å². The molecular formula is C45H30N2S. The van der Waals surface area contributed by atoms with Gasteiger partial charge in [0, 0.05) is 50.5 Å². The van der Waals surface area contributed by atoms with Crippen LogP contribution in [0, 0.1) is 0 Å². The van der Waals surface area contributed by atoms with Crippen LogP contribution in [0.1, 0.15) is 0 Å². The summed E-state index contributed by atoms with van der Waals surface area (Å²) >= 11 is 1.80. The summed E-state index contributed by atoms with van der Waals surface area (Å²) < 4.78 is 2.50. The number of rotatable bonds is 6. The van der Waals surface area contributed by atoms with Crippen LogP contribution in [0.2, 0.25) is 0 Å². The monoisotopic (exact) mass is 630 g/mol.